The lowest BCUT2D eigenvalue weighted by Gasteiger charge is -2.13. The highest BCUT2D eigenvalue weighted by molar-refractivity contribution is 5.94. The molecule has 0 bridgehead atoms. The van der Waals surface area contributed by atoms with E-state index in [9.17, 15) is 4.79 Å². The monoisotopic (exact) mass is 217 g/mol. The summed E-state index contributed by atoms with van der Waals surface area (Å²) in [5.74, 6) is -0.103. The fourth-order valence-corrected chi connectivity index (χ4v) is 2.58. The van der Waals surface area contributed by atoms with E-state index in [1.165, 1.54) is 11.3 Å². The number of rotatable bonds is 2. The molecule has 84 valence electrons. The number of nitrogens with one attached hydrogen (secondary N) is 1. The first kappa shape index (κ1) is 9.63. The molecule has 4 heteroatoms. The summed E-state index contributed by atoms with van der Waals surface area (Å²) in [5.41, 5.74) is 8.20. The molecule has 3 N–H and O–H groups in total. The standard InChI is InChI=1S/C12H15N3O/c13-11(14)9-6-7-2-1-3-10(7)15(12(9)16)8-4-5-8/h6,8H,1-5H2,(H3,13,14). The smallest absolute Gasteiger partial charge is 0.262 e. The summed E-state index contributed by atoms with van der Waals surface area (Å²) in [6.45, 7) is 0. The first-order valence-corrected chi connectivity index (χ1v) is 5.80. The molecule has 1 heterocycles. The maximum Gasteiger partial charge on any atom is 0.262 e. The minimum Gasteiger partial charge on any atom is -0.384 e. The van der Waals surface area contributed by atoms with Crippen LogP contribution in [0.2, 0.25) is 0 Å². The van der Waals surface area contributed by atoms with Gasteiger partial charge in [0.05, 0.1) is 5.56 Å². The molecule has 2 aliphatic rings. The molecule has 2 aliphatic carbocycles. The zero-order valence-electron chi connectivity index (χ0n) is 9.12. The molecular weight excluding hydrogens is 202 g/mol. The molecule has 0 unspecified atom stereocenters. The molecule has 4 nitrogen and oxygen atoms in total. The van der Waals surface area contributed by atoms with E-state index in [0.717, 1.165) is 32.1 Å². The molecular formula is C12H15N3O. The van der Waals surface area contributed by atoms with Crippen molar-refractivity contribution in [3.63, 3.8) is 0 Å². The zero-order valence-corrected chi connectivity index (χ0v) is 9.12. The lowest BCUT2D eigenvalue weighted by Crippen LogP contribution is -2.31. The first-order chi connectivity index (χ1) is 7.68. The molecule has 1 aromatic rings. The Balaban J connectivity index is 2.28. The van der Waals surface area contributed by atoms with Crippen LogP contribution < -0.4 is 11.3 Å². The van der Waals surface area contributed by atoms with E-state index in [4.69, 9.17) is 11.1 Å². The van der Waals surface area contributed by atoms with Crippen molar-refractivity contribution in [2.75, 3.05) is 0 Å². The SMILES string of the molecule is N=C(N)c1cc2c(n(C3CC3)c1=O)CCC2. The normalized spacial score (nSPS) is 18.5. The number of fused-ring (bicyclic) bond motifs is 1. The summed E-state index contributed by atoms with van der Waals surface area (Å²) < 4.78 is 1.90. The van der Waals surface area contributed by atoms with Crippen molar-refractivity contribution in [2.24, 2.45) is 5.73 Å². The van der Waals surface area contributed by atoms with Crippen LogP contribution >= 0.6 is 0 Å². The van der Waals surface area contributed by atoms with Gasteiger partial charge in [0.15, 0.2) is 0 Å². The largest absolute Gasteiger partial charge is 0.384 e. The Bertz CT molecular complexity index is 526. The van der Waals surface area contributed by atoms with E-state index in [-0.39, 0.29) is 11.4 Å². The molecule has 1 fully saturated rings. The number of aryl methyl sites for hydroxylation is 1. The highest BCUT2D eigenvalue weighted by Crippen LogP contribution is 2.37. The molecule has 0 saturated heterocycles. The Morgan fingerprint density at radius 3 is 2.81 bits per heavy atom. The van der Waals surface area contributed by atoms with Crippen LogP contribution in [0.5, 0.6) is 0 Å². The van der Waals surface area contributed by atoms with Crippen molar-refractivity contribution in [1.29, 1.82) is 5.41 Å². The predicted molar refractivity (Wildman–Crippen MR) is 62.0 cm³/mol. The van der Waals surface area contributed by atoms with Crippen molar-refractivity contribution in [1.82, 2.24) is 4.57 Å². The number of amidine groups is 1. The van der Waals surface area contributed by atoms with Crippen LogP contribution in [0, 0.1) is 5.41 Å². The van der Waals surface area contributed by atoms with Crippen molar-refractivity contribution in [3.05, 3.63) is 33.2 Å². The Morgan fingerprint density at radius 2 is 2.19 bits per heavy atom. The second kappa shape index (κ2) is 3.20. The molecule has 0 aromatic carbocycles. The molecule has 1 aromatic heterocycles. The van der Waals surface area contributed by atoms with Crippen LogP contribution in [0.25, 0.3) is 0 Å². The van der Waals surface area contributed by atoms with Crippen molar-refractivity contribution in [3.8, 4) is 0 Å². The average molecular weight is 217 g/mol. The molecule has 1 saturated carbocycles. The maximum absolute atomic E-state index is 12.2. The summed E-state index contributed by atoms with van der Waals surface area (Å²) >= 11 is 0. The van der Waals surface area contributed by atoms with E-state index >= 15 is 0 Å². The van der Waals surface area contributed by atoms with E-state index in [2.05, 4.69) is 0 Å². The first-order valence-electron chi connectivity index (χ1n) is 5.80. The van der Waals surface area contributed by atoms with Crippen LogP contribution in [0.3, 0.4) is 0 Å². The fourth-order valence-electron chi connectivity index (χ4n) is 2.58. The van der Waals surface area contributed by atoms with Gasteiger partial charge in [-0.1, -0.05) is 0 Å². The van der Waals surface area contributed by atoms with E-state index < -0.39 is 0 Å². The summed E-state index contributed by atoms with van der Waals surface area (Å²) in [6, 6.07) is 2.20. The van der Waals surface area contributed by atoms with Crippen molar-refractivity contribution >= 4 is 5.84 Å². The summed E-state index contributed by atoms with van der Waals surface area (Å²) in [5, 5.41) is 7.46. The average Bonchev–Trinajstić information content (AvgIpc) is 2.94. The number of aromatic nitrogens is 1. The van der Waals surface area contributed by atoms with Crippen molar-refractivity contribution < 1.29 is 0 Å². The zero-order chi connectivity index (χ0) is 11.3. The number of hydrogen-bond donors (Lipinski definition) is 2. The van der Waals surface area contributed by atoms with E-state index in [0.29, 0.717) is 11.6 Å². The maximum atomic E-state index is 12.2. The van der Waals surface area contributed by atoms with Gasteiger partial charge in [0.25, 0.3) is 5.56 Å². The van der Waals surface area contributed by atoms with Gasteiger partial charge in [-0.15, -0.1) is 0 Å². The summed E-state index contributed by atoms with van der Waals surface area (Å²) in [4.78, 5) is 12.2. The van der Waals surface area contributed by atoms with Gasteiger partial charge in [-0.05, 0) is 43.7 Å². The van der Waals surface area contributed by atoms with E-state index in [1.807, 2.05) is 10.6 Å². The molecule has 0 radical (unpaired) electrons. The van der Waals surface area contributed by atoms with Crippen LogP contribution in [0.15, 0.2) is 10.9 Å². The van der Waals surface area contributed by atoms with Crippen molar-refractivity contribution in [2.45, 2.75) is 38.1 Å². The van der Waals surface area contributed by atoms with Gasteiger partial charge >= 0.3 is 0 Å². The van der Waals surface area contributed by atoms with Crippen LogP contribution in [0.4, 0.5) is 0 Å². The number of nitrogens with two attached hydrogens (primary N) is 1. The minimum absolute atomic E-state index is 0.0596. The minimum atomic E-state index is -0.103. The molecule has 16 heavy (non-hydrogen) atoms. The molecule has 3 rings (SSSR count). The van der Waals surface area contributed by atoms with Gasteiger partial charge in [-0.3, -0.25) is 10.2 Å². The van der Waals surface area contributed by atoms with Gasteiger partial charge in [0.1, 0.15) is 5.84 Å². The predicted octanol–water partition coefficient (Wildman–Crippen LogP) is 0.956. The Labute approximate surface area is 93.6 Å². The molecule has 0 spiro atoms. The fraction of sp³-hybridized carbons (Fsp3) is 0.500. The molecule has 0 atom stereocenters. The second-order valence-electron chi connectivity index (χ2n) is 4.70. The molecule has 0 aliphatic heterocycles. The second-order valence-corrected chi connectivity index (χ2v) is 4.70. The Kier molecular flexibility index (Phi) is 1.93. The highest BCUT2D eigenvalue weighted by atomic mass is 16.1. The van der Waals surface area contributed by atoms with Gasteiger partial charge in [0, 0.05) is 11.7 Å². The Morgan fingerprint density at radius 1 is 1.44 bits per heavy atom. The van der Waals surface area contributed by atoms with Gasteiger partial charge in [-0.2, -0.15) is 0 Å². The van der Waals surface area contributed by atoms with Crippen LogP contribution in [-0.2, 0) is 12.8 Å². The van der Waals surface area contributed by atoms with Crippen LogP contribution in [-0.4, -0.2) is 10.4 Å². The third-order valence-electron chi connectivity index (χ3n) is 3.49. The van der Waals surface area contributed by atoms with Crippen LogP contribution in [0.1, 0.15) is 42.1 Å². The van der Waals surface area contributed by atoms with E-state index in [1.54, 1.807) is 0 Å². The van der Waals surface area contributed by atoms with Gasteiger partial charge < -0.3 is 10.3 Å². The van der Waals surface area contributed by atoms with Gasteiger partial charge in [-0.25, -0.2) is 0 Å². The number of pyridine rings is 1. The lowest BCUT2D eigenvalue weighted by molar-refractivity contribution is 0.663. The highest BCUT2D eigenvalue weighted by Gasteiger charge is 2.30. The topological polar surface area (TPSA) is 71.9 Å². The number of hydrogen-bond acceptors (Lipinski definition) is 2. The lowest BCUT2D eigenvalue weighted by atomic mass is 10.1. The van der Waals surface area contributed by atoms with Gasteiger partial charge in [0.2, 0.25) is 0 Å². The third kappa shape index (κ3) is 1.29. The summed E-state index contributed by atoms with van der Waals surface area (Å²) in [7, 11) is 0. The number of nitrogen functional groups attached to an aromatic ring is 1. The third-order valence-corrected chi connectivity index (χ3v) is 3.49. The number of nitrogens with zero attached hydrogens (tertiary/aromatic N) is 1. The molecule has 0 amide bonds. The Hall–Kier alpha value is -1.58. The quantitative estimate of drug-likeness (QED) is 0.572. The summed E-state index contributed by atoms with van der Waals surface area (Å²) in [6.07, 6.45) is 5.31.